The lowest BCUT2D eigenvalue weighted by Crippen LogP contribution is -2.63. The van der Waals surface area contributed by atoms with E-state index in [-0.39, 0.29) is 11.8 Å². The Morgan fingerprint density at radius 3 is 2.88 bits per heavy atom. The molecule has 2 heterocycles. The van der Waals surface area contributed by atoms with Gasteiger partial charge in [-0.3, -0.25) is 9.59 Å². The van der Waals surface area contributed by atoms with E-state index < -0.39 is 5.54 Å². The predicted molar refractivity (Wildman–Crippen MR) is 60.2 cm³/mol. The van der Waals surface area contributed by atoms with E-state index in [1.54, 1.807) is 24.8 Å². The monoisotopic (exact) mass is 234 g/mol. The van der Waals surface area contributed by atoms with E-state index in [9.17, 15) is 9.59 Å². The van der Waals surface area contributed by atoms with Crippen LogP contribution in [0.5, 0.6) is 0 Å². The fourth-order valence-corrected chi connectivity index (χ4v) is 1.83. The molecule has 6 heteroatoms. The van der Waals surface area contributed by atoms with Gasteiger partial charge in [-0.05, 0) is 19.9 Å². The molecule has 0 saturated carbocycles. The van der Waals surface area contributed by atoms with E-state index in [0.717, 1.165) is 0 Å². The van der Waals surface area contributed by atoms with Gasteiger partial charge in [0.15, 0.2) is 0 Å². The van der Waals surface area contributed by atoms with Crippen molar-refractivity contribution in [2.24, 2.45) is 0 Å². The van der Waals surface area contributed by atoms with Gasteiger partial charge in [0, 0.05) is 13.1 Å². The van der Waals surface area contributed by atoms with E-state index in [0.29, 0.717) is 18.7 Å². The van der Waals surface area contributed by atoms with Gasteiger partial charge in [-0.1, -0.05) is 0 Å². The average molecular weight is 234 g/mol. The quantitative estimate of drug-likeness (QED) is 0.732. The average Bonchev–Trinajstić information content (AvgIpc) is 2.33. The standard InChI is InChI=1S/C11H14N4O2/c1-11(2)10(17)12-5-6-15(11)9(16)8-3-4-13-14-7-8/h3-4,7H,5-6H2,1-2H3,(H,12,17). The largest absolute Gasteiger partial charge is 0.352 e. The summed E-state index contributed by atoms with van der Waals surface area (Å²) in [6.45, 7) is 4.44. The number of carbonyl (C=O) groups excluding carboxylic acids is 2. The highest BCUT2D eigenvalue weighted by atomic mass is 16.2. The molecule has 0 aliphatic carbocycles. The van der Waals surface area contributed by atoms with Gasteiger partial charge in [-0.2, -0.15) is 10.2 Å². The Bertz CT molecular complexity index is 444. The normalized spacial score (nSPS) is 18.7. The first kappa shape index (κ1) is 11.5. The molecule has 1 fully saturated rings. The number of amides is 2. The van der Waals surface area contributed by atoms with Crippen LogP contribution in [0.4, 0.5) is 0 Å². The highest BCUT2D eigenvalue weighted by Gasteiger charge is 2.40. The molecule has 1 saturated heterocycles. The molecule has 6 nitrogen and oxygen atoms in total. The second-order valence-electron chi connectivity index (χ2n) is 4.40. The van der Waals surface area contributed by atoms with Crippen molar-refractivity contribution in [3.8, 4) is 0 Å². The first-order valence-electron chi connectivity index (χ1n) is 5.40. The molecule has 0 radical (unpaired) electrons. The van der Waals surface area contributed by atoms with Crippen LogP contribution in [0.15, 0.2) is 18.5 Å². The molecule has 17 heavy (non-hydrogen) atoms. The van der Waals surface area contributed by atoms with Crippen LogP contribution in [0.3, 0.4) is 0 Å². The number of hydrogen-bond acceptors (Lipinski definition) is 4. The molecule has 0 atom stereocenters. The molecular weight excluding hydrogens is 220 g/mol. The van der Waals surface area contributed by atoms with E-state index >= 15 is 0 Å². The summed E-state index contributed by atoms with van der Waals surface area (Å²) in [7, 11) is 0. The molecule has 1 aromatic rings. The molecule has 0 unspecified atom stereocenters. The summed E-state index contributed by atoms with van der Waals surface area (Å²) in [5, 5.41) is 10.0. The maximum atomic E-state index is 12.2. The predicted octanol–water partition coefficient (Wildman–Crippen LogP) is -0.173. The van der Waals surface area contributed by atoms with Crippen LogP contribution in [0.2, 0.25) is 0 Å². The minimum Gasteiger partial charge on any atom is -0.352 e. The fourth-order valence-electron chi connectivity index (χ4n) is 1.83. The number of hydrogen-bond donors (Lipinski definition) is 1. The van der Waals surface area contributed by atoms with Gasteiger partial charge in [0.25, 0.3) is 5.91 Å². The van der Waals surface area contributed by atoms with E-state index in [2.05, 4.69) is 15.5 Å². The molecule has 90 valence electrons. The molecule has 0 aromatic carbocycles. The van der Waals surface area contributed by atoms with Crippen molar-refractivity contribution in [2.75, 3.05) is 13.1 Å². The zero-order chi connectivity index (χ0) is 12.5. The number of aromatic nitrogens is 2. The van der Waals surface area contributed by atoms with Crippen molar-refractivity contribution in [2.45, 2.75) is 19.4 Å². The highest BCUT2D eigenvalue weighted by Crippen LogP contribution is 2.20. The lowest BCUT2D eigenvalue weighted by Gasteiger charge is -2.41. The van der Waals surface area contributed by atoms with Crippen LogP contribution in [0.25, 0.3) is 0 Å². The zero-order valence-electron chi connectivity index (χ0n) is 9.80. The van der Waals surface area contributed by atoms with Crippen LogP contribution in [0.1, 0.15) is 24.2 Å². The van der Waals surface area contributed by atoms with Crippen molar-refractivity contribution in [3.05, 3.63) is 24.0 Å². The van der Waals surface area contributed by atoms with Crippen molar-refractivity contribution >= 4 is 11.8 Å². The van der Waals surface area contributed by atoms with Crippen LogP contribution in [0, 0.1) is 0 Å². The first-order valence-corrected chi connectivity index (χ1v) is 5.40. The van der Waals surface area contributed by atoms with Crippen molar-refractivity contribution in [1.82, 2.24) is 20.4 Å². The van der Waals surface area contributed by atoms with Crippen LogP contribution < -0.4 is 5.32 Å². The van der Waals surface area contributed by atoms with Gasteiger partial charge in [-0.15, -0.1) is 0 Å². The number of carbonyl (C=O) groups is 2. The van der Waals surface area contributed by atoms with Crippen molar-refractivity contribution in [1.29, 1.82) is 0 Å². The zero-order valence-corrected chi connectivity index (χ0v) is 9.80. The summed E-state index contributed by atoms with van der Waals surface area (Å²) in [4.78, 5) is 25.5. The first-order chi connectivity index (χ1) is 8.03. The number of rotatable bonds is 1. The minimum absolute atomic E-state index is 0.140. The smallest absolute Gasteiger partial charge is 0.256 e. The summed E-state index contributed by atoms with van der Waals surface area (Å²) >= 11 is 0. The maximum absolute atomic E-state index is 12.2. The van der Waals surface area contributed by atoms with Gasteiger partial charge in [0.1, 0.15) is 5.54 Å². The molecule has 1 aliphatic rings. The minimum atomic E-state index is -0.835. The van der Waals surface area contributed by atoms with Gasteiger partial charge in [0.05, 0.1) is 18.0 Å². The molecule has 2 rings (SSSR count). The van der Waals surface area contributed by atoms with Crippen molar-refractivity contribution in [3.63, 3.8) is 0 Å². The topological polar surface area (TPSA) is 75.2 Å². The van der Waals surface area contributed by atoms with Gasteiger partial charge >= 0.3 is 0 Å². The second-order valence-corrected chi connectivity index (χ2v) is 4.40. The third-order valence-electron chi connectivity index (χ3n) is 2.93. The Hall–Kier alpha value is -1.98. The SMILES string of the molecule is CC1(C)C(=O)NCCN1C(=O)c1ccnnc1. The molecule has 1 N–H and O–H groups in total. The third kappa shape index (κ3) is 1.98. The maximum Gasteiger partial charge on any atom is 0.256 e. The Labute approximate surface area is 99.0 Å². The molecule has 2 amide bonds. The van der Waals surface area contributed by atoms with E-state index in [1.165, 1.54) is 12.4 Å². The molecular formula is C11H14N4O2. The number of nitrogens with zero attached hydrogens (tertiary/aromatic N) is 3. The third-order valence-corrected chi connectivity index (χ3v) is 2.93. The van der Waals surface area contributed by atoms with Gasteiger partial charge in [-0.25, -0.2) is 0 Å². The highest BCUT2D eigenvalue weighted by molar-refractivity contribution is 5.99. The lowest BCUT2D eigenvalue weighted by atomic mass is 9.98. The molecule has 0 spiro atoms. The Balaban J connectivity index is 2.28. The molecule has 1 aliphatic heterocycles. The van der Waals surface area contributed by atoms with Crippen LogP contribution in [-0.4, -0.2) is 45.5 Å². The van der Waals surface area contributed by atoms with E-state index in [4.69, 9.17) is 0 Å². The molecule has 0 bridgehead atoms. The fraction of sp³-hybridized carbons (Fsp3) is 0.455. The van der Waals surface area contributed by atoms with Crippen molar-refractivity contribution < 1.29 is 9.59 Å². The number of piperazine rings is 1. The summed E-state index contributed by atoms with van der Waals surface area (Å²) in [5.41, 5.74) is -0.388. The summed E-state index contributed by atoms with van der Waals surface area (Å²) < 4.78 is 0. The lowest BCUT2D eigenvalue weighted by molar-refractivity contribution is -0.133. The van der Waals surface area contributed by atoms with Crippen LogP contribution >= 0.6 is 0 Å². The number of nitrogens with one attached hydrogen (secondary N) is 1. The summed E-state index contributed by atoms with van der Waals surface area (Å²) in [6.07, 6.45) is 2.87. The van der Waals surface area contributed by atoms with Crippen LogP contribution in [-0.2, 0) is 4.79 Å². The summed E-state index contributed by atoms with van der Waals surface area (Å²) in [5.74, 6) is -0.334. The Morgan fingerprint density at radius 2 is 2.24 bits per heavy atom. The second kappa shape index (κ2) is 4.12. The molecule has 1 aromatic heterocycles. The summed E-state index contributed by atoms with van der Waals surface area (Å²) in [6, 6.07) is 1.60. The Morgan fingerprint density at radius 1 is 1.47 bits per heavy atom. The van der Waals surface area contributed by atoms with E-state index in [1.807, 2.05) is 0 Å². The van der Waals surface area contributed by atoms with Gasteiger partial charge < -0.3 is 10.2 Å². The Kier molecular flexibility index (Phi) is 2.79. The van der Waals surface area contributed by atoms with Gasteiger partial charge in [0.2, 0.25) is 5.91 Å².